The monoisotopic (exact) mass is 257 g/mol. The zero-order valence-corrected chi connectivity index (χ0v) is 10.7. The van der Waals surface area contributed by atoms with Crippen molar-refractivity contribution in [1.82, 2.24) is 0 Å². The summed E-state index contributed by atoms with van der Waals surface area (Å²) in [6.07, 6.45) is 2.03. The Kier molecular flexibility index (Phi) is 5.22. The molecule has 0 heterocycles. The fourth-order valence-corrected chi connectivity index (χ4v) is 1.62. The Morgan fingerprint density at radius 1 is 1.41 bits per heavy atom. The SMILES string of the molecule is CCC(CC)COc1cc([N+](=O)[O-])ccc1Cl. The number of rotatable bonds is 6. The molecular weight excluding hydrogens is 242 g/mol. The molecule has 0 spiro atoms. The van der Waals surface area contributed by atoms with E-state index in [-0.39, 0.29) is 5.69 Å². The average molecular weight is 258 g/mol. The molecule has 0 aliphatic heterocycles. The van der Waals surface area contributed by atoms with Crippen molar-refractivity contribution < 1.29 is 9.66 Å². The van der Waals surface area contributed by atoms with Crippen LogP contribution in [-0.4, -0.2) is 11.5 Å². The lowest BCUT2D eigenvalue weighted by atomic mass is 10.1. The first-order chi connectivity index (χ1) is 8.08. The summed E-state index contributed by atoms with van der Waals surface area (Å²) in [6.45, 7) is 4.72. The van der Waals surface area contributed by atoms with Crippen LogP contribution in [0, 0.1) is 16.0 Å². The number of hydrogen-bond donors (Lipinski definition) is 0. The Bertz CT molecular complexity index is 391. The normalized spacial score (nSPS) is 10.6. The number of non-ortho nitro benzene ring substituents is 1. The van der Waals surface area contributed by atoms with E-state index in [1.807, 2.05) is 0 Å². The maximum Gasteiger partial charge on any atom is 0.273 e. The van der Waals surface area contributed by atoms with Crippen LogP contribution in [0.4, 0.5) is 5.69 Å². The number of hydrogen-bond acceptors (Lipinski definition) is 3. The van der Waals surface area contributed by atoms with E-state index in [1.165, 1.54) is 18.2 Å². The number of benzene rings is 1. The first-order valence-corrected chi connectivity index (χ1v) is 6.03. The van der Waals surface area contributed by atoms with Gasteiger partial charge in [-0.05, 0) is 12.0 Å². The molecule has 1 aromatic carbocycles. The van der Waals surface area contributed by atoms with Crippen molar-refractivity contribution in [2.45, 2.75) is 26.7 Å². The molecule has 0 saturated carbocycles. The van der Waals surface area contributed by atoms with Crippen LogP contribution in [-0.2, 0) is 0 Å². The van der Waals surface area contributed by atoms with Gasteiger partial charge in [-0.1, -0.05) is 38.3 Å². The zero-order chi connectivity index (χ0) is 12.8. The highest BCUT2D eigenvalue weighted by molar-refractivity contribution is 6.32. The largest absolute Gasteiger partial charge is 0.491 e. The van der Waals surface area contributed by atoms with Gasteiger partial charge < -0.3 is 4.74 Å². The summed E-state index contributed by atoms with van der Waals surface area (Å²) in [6, 6.07) is 4.22. The molecule has 0 fully saturated rings. The Morgan fingerprint density at radius 3 is 2.59 bits per heavy atom. The van der Waals surface area contributed by atoms with E-state index < -0.39 is 4.92 Å². The topological polar surface area (TPSA) is 52.4 Å². The van der Waals surface area contributed by atoms with E-state index in [9.17, 15) is 10.1 Å². The van der Waals surface area contributed by atoms with Crippen LogP contribution in [0.25, 0.3) is 0 Å². The van der Waals surface area contributed by atoms with E-state index in [2.05, 4.69) is 13.8 Å². The number of nitro groups is 1. The van der Waals surface area contributed by atoms with E-state index in [0.717, 1.165) is 12.8 Å². The van der Waals surface area contributed by atoms with Crippen molar-refractivity contribution in [2.75, 3.05) is 6.61 Å². The second-order valence-electron chi connectivity index (χ2n) is 3.87. The molecule has 0 radical (unpaired) electrons. The third-order valence-electron chi connectivity index (χ3n) is 2.75. The summed E-state index contributed by atoms with van der Waals surface area (Å²) in [5.41, 5.74) is -0.00560. The summed E-state index contributed by atoms with van der Waals surface area (Å²) >= 11 is 5.92. The number of ether oxygens (including phenoxy) is 1. The molecule has 94 valence electrons. The van der Waals surface area contributed by atoms with Crippen molar-refractivity contribution in [3.05, 3.63) is 33.3 Å². The molecule has 0 atom stereocenters. The smallest absolute Gasteiger partial charge is 0.273 e. The fourth-order valence-electron chi connectivity index (χ4n) is 1.45. The quantitative estimate of drug-likeness (QED) is 0.570. The second kappa shape index (κ2) is 6.45. The summed E-state index contributed by atoms with van der Waals surface area (Å²) in [5.74, 6) is 0.832. The molecule has 1 aromatic rings. The molecule has 4 nitrogen and oxygen atoms in total. The number of nitro benzene ring substituents is 1. The van der Waals surface area contributed by atoms with Gasteiger partial charge in [0, 0.05) is 6.07 Å². The summed E-state index contributed by atoms with van der Waals surface area (Å²) in [5, 5.41) is 11.0. The molecule has 5 heteroatoms. The third-order valence-corrected chi connectivity index (χ3v) is 3.07. The van der Waals surface area contributed by atoms with Crippen LogP contribution in [0.2, 0.25) is 5.02 Å². The van der Waals surface area contributed by atoms with Gasteiger partial charge in [0.05, 0.1) is 22.6 Å². The molecule has 17 heavy (non-hydrogen) atoms. The minimum Gasteiger partial charge on any atom is -0.491 e. The summed E-state index contributed by atoms with van der Waals surface area (Å²) < 4.78 is 5.54. The Balaban J connectivity index is 2.75. The van der Waals surface area contributed by atoms with E-state index in [0.29, 0.717) is 23.3 Å². The molecule has 1 rings (SSSR count). The molecule has 0 aromatic heterocycles. The van der Waals surface area contributed by atoms with Crippen molar-refractivity contribution in [3.63, 3.8) is 0 Å². The van der Waals surface area contributed by atoms with Gasteiger partial charge in [-0.2, -0.15) is 0 Å². The van der Waals surface area contributed by atoms with Crippen LogP contribution in [0.5, 0.6) is 5.75 Å². The molecule has 0 bridgehead atoms. The highest BCUT2D eigenvalue weighted by Crippen LogP contribution is 2.29. The van der Waals surface area contributed by atoms with Crippen molar-refractivity contribution >= 4 is 17.3 Å². The maximum atomic E-state index is 10.6. The molecule has 0 N–H and O–H groups in total. The lowest BCUT2D eigenvalue weighted by molar-refractivity contribution is -0.384. The third kappa shape index (κ3) is 3.89. The van der Waals surface area contributed by atoms with Crippen molar-refractivity contribution in [2.24, 2.45) is 5.92 Å². The standard InChI is InChI=1S/C12H16ClNO3/c1-3-9(4-2)8-17-12-7-10(14(15)16)5-6-11(12)13/h5-7,9H,3-4,8H2,1-2H3. The molecule has 0 unspecified atom stereocenters. The van der Waals surface area contributed by atoms with Crippen molar-refractivity contribution in [3.8, 4) is 5.75 Å². The van der Waals surface area contributed by atoms with Crippen LogP contribution in [0.3, 0.4) is 0 Å². The molecule has 0 aliphatic carbocycles. The maximum absolute atomic E-state index is 10.6. The van der Waals surface area contributed by atoms with Crippen molar-refractivity contribution in [1.29, 1.82) is 0 Å². The lowest BCUT2D eigenvalue weighted by Crippen LogP contribution is -2.10. The van der Waals surface area contributed by atoms with Gasteiger partial charge in [0.1, 0.15) is 5.75 Å². The van der Waals surface area contributed by atoms with Gasteiger partial charge in [-0.3, -0.25) is 10.1 Å². The van der Waals surface area contributed by atoms with Crippen LogP contribution >= 0.6 is 11.6 Å². The lowest BCUT2D eigenvalue weighted by Gasteiger charge is -2.14. The highest BCUT2D eigenvalue weighted by Gasteiger charge is 2.12. The first kappa shape index (κ1) is 13.8. The Morgan fingerprint density at radius 2 is 2.06 bits per heavy atom. The number of halogens is 1. The Labute approximate surface area is 106 Å². The Hall–Kier alpha value is -1.29. The van der Waals surface area contributed by atoms with Gasteiger partial charge >= 0.3 is 0 Å². The van der Waals surface area contributed by atoms with E-state index >= 15 is 0 Å². The van der Waals surface area contributed by atoms with E-state index in [4.69, 9.17) is 16.3 Å². The van der Waals surface area contributed by atoms with E-state index in [1.54, 1.807) is 0 Å². The minimum absolute atomic E-state index is 0.00560. The number of nitrogens with zero attached hydrogens (tertiary/aromatic N) is 1. The molecule has 0 aliphatic rings. The van der Waals surface area contributed by atoms with Gasteiger partial charge in [-0.15, -0.1) is 0 Å². The summed E-state index contributed by atoms with van der Waals surface area (Å²) in [7, 11) is 0. The zero-order valence-electron chi connectivity index (χ0n) is 9.98. The minimum atomic E-state index is -0.458. The first-order valence-electron chi connectivity index (χ1n) is 5.65. The van der Waals surface area contributed by atoms with Gasteiger partial charge in [0.15, 0.2) is 0 Å². The fraction of sp³-hybridized carbons (Fsp3) is 0.500. The van der Waals surface area contributed by atoms with Gasteiger partial charge in [-0.25, -0.2) is 0 Å². The van der Waals surface area contributed by atoms with Crippen LogP contribution in [0.15, 0.2) is 18.2 Å². The van der Waals surface area contributed by atoms with Crippen LogP contribution in [0.1, 0.15) is 26.7 Å². The highest BCUT2D eigenvalue weighted by atomic mass is 35.5. The predicted molar refractivity (Wildman–Crippen MR) is 67.7 cm³/mol. The van der Waals surface area contributed by atoms with Gasteiger partial charge in [0.25, 0.3) is 5.69 Å². The molecule has 0 saturated heterocycles. The average Bonchev–Trinajstić information content (AvgIpc) is 2.32. The van der Waals surface area contributed by atoms with Crippen LogP contribution < -0.4 is 4.74 Å². The summed E-state index contributed by atoms with van der Waals surface area (Å²) in [4.78, 5) is 10.2. The van der Waals surface area contributed by atoms with Gasteiger partial charge in [0.2, 0.25) is 0 Å². The molecule has 0 amide bonds. The molecular formula is C12H16ClNO3. The predicted octanol–water partition coefficient (Wildman–Crippen LogP) is 4.06. The second-order valence-corrected chi connectivity index (χ2v) is 4.27.